The molecule has 1 heterocycles. The predicted octanol–water partition coefficient (Wildman–Crippen LogP) is 4.13. The Morgan fingerprint density at radius 2 is 2.10 bits per heavy atom. The maximum Gasteiger partial charge on any atom is 0.259 e. The van der Waals surface area contributed by atoms with Crippen LogP contribution in [-0.4, -0.2) is 18.7 Å². The number of benzene rings is 1. The molecular weight excluding hydrogens is 470 g/mol. The molecule has 0 saturated heterocycles. The van der Waals surface area contributed by atoms with Gasteiger partial charge in [0.2, 0.25) is 0 Å². The first-order valence-corrected chi connectivity index (χ1v) is 8.18. The molecular formula is C13H10Br3N3O2. The summed E-state index contributed by atoms with van der Waals surface area (Å²) in [4.78, 5) is 11.6. The van der Waals surface area contributed by atoms with E-state index in [1.165, 1.54) is 6.21 Å². The van der Waals surface area contributed by atoms with Crippen molar-refractivity contribution < 1.29 is 9.21 Å². The fourth-order valence-electron chi connectivity index (χ4n) is 1.42. The van der Waals surface area contributed by atoms with Crippen molar-refractivity contribution in [1.82, 2.24) is 5.43 Å². The molecule has 21 heavy (non-hydrogen) atoms. The van der Waals surface area contributed by atoms with Crippen LogP contribution >= 0.6 is 47.8 Å². The molecule has 0 unspecified atom stereocenters. The Morgan fingerprint density at radius 3 is 2.76 bits per heavy atom. The van der Waals surface area contributed by atoms with Gasteiger partial charge >= 0.3 is 0 Å². The Bertz CT molecular complexity index is 651. The Hall–Kier alpha value is -1.12. The largest absolute Gasteiger partial charge is 0.447 e. The normalized spacial score (nSPS) is 10.8. The second-order valence-electron chi connectivity index (χ2n) is 3.93. The number of hydrogen-bond donors (Lipinski definition) is 2. The maximum absolute atomic E-state index is 11.6. The second-order valence-corrected chi connectivity index (χ2v) is 6.42. The lowest BCUT2D eigenvalue weighted by Crippen LogP contribution is -2.25. The number of nitrogens with zero attached hydrogens (tertiary/aromatic N) is 1. The molecule has 1 aromatic heterocycles. The predicted molar refractivity (Wildman–Crippen MR) is 92.5 cm³/mol. The highest BCUT2D eigenvalue weighted by Gasteiger charge is 2.04. The van der Waals surface area contributed by atoms with Gasteiger partial charge < -0.3 is 9.73 Å². The van der Waals surface area contributed by atoms with Gasteiger partial charge in [-0.25, -0.2) is 5.43 Å². The number of carbonyl (C=O) groups excluding carboxylic acids is 1. The molecule has 2 aromatic rings. The molecule has 2 rings (SSSR count). The number of halogens is 3. The first-order chi connectivity index (χ1) is 10.0. The molecule has 8 heteroatoms. The van der Waals surface area contributed by atoms with Crippen LogP contribution in [0.4, 0.5) is 5.69 Å². The number of furan rings is 1. The van der Waals surface area contributed by atoms with Gasteiger partial charge in [-0.15, -0.1) is 0 Å². The zero-order valence-corrected chi connectivity index (χ0v) is 15.3. The van der Waals surface area contributed by atoms with Gasteiger partial charge in [-0.3, -0.25) is 4.79 Å². The van der Waals surface area contributed by atoms with E-state index in [0.29, 0.717) is 10.4 Å². The molecule has 0 aliphatic carbocycles. The standard InChI is InChI=1S/C13H10Br3N3O2/c14-8-2-1-3-9(4-8)17-7-12(20)19-18-6-10-5-11(15)13(16)21-10/h1-6,17H,7H2,(H,19,20). The number of rotatable bonds is 5. The third-order valence-corrected chi connectivity index (χ3v) is 4.53. The third-order valence-electron chi connectivity index (χ3n) is 2.32. The van der Waals surface area contributed by atoms with E-state index in [1.54, 1.807) is 6.07 Å². The molecule has 0 aliphatic rings. The summed E-state index contributed by atoms with van der Waals surface area (Å²) >= 11 is 9.87. The minimum Gasteiger partial charge on any atom is -0.447 e. The maximum atomic E-state index is 11.6. The summed E-state index contributed by atoms with van der Waals surface area (Å²) in [5.41, 5.74) is 3.26. The summed E-state index contributed by atoms with van der Waals surface area (Å²) in [5.74, 6) is 0.268. The minimum atomic E-state index is -0.254. The summed E-state index contributed by atoms with van der Waals surface area (Å²) < 4.78 is 7.59. The van der Waals surface area contributed by atoms with Crippen molar-refractivity contribution in [1.29, 1.82) is 0 Å². The molecule has 5 nitrogen and oxygen atoms in total. The van der Waals surface area contributed by atoms with Crippen LogP contribution < -0.4 is 10.7 Å². The minimum absolute atomic E-state index is 0.124. The quantitative estimate of drug-likeness (QED) is 0.500. The molecule has 0 radical (unpaired) electrons. The number of nitrogens with one attached hydrogen (secondary N) is 2. The van der Waals surface area contributed by atoms with Gasteiger partial charge in [0.05, 0.1) is 17.2 Å². The highest BCUT2D eigenvalue weighted by Crippen LogP contribution is 2.25. The lowest BCUT2D eigenvalue weighted by molar-refractivity contribution is -0.119. The van der Waals surface area contributed by atoms with Crippen molar-refractivity contribution in [2.45, 2.75) is 0 Å². The van der Waals surface area contributed by atoms with E-state index in [9.17, 15) is 4.79 Å². The molecule has 0 aliphatic heterocycles. The number of amides is 1. The zero-order valence-electron chi connectivity index (χ0n) is 10.6. The van der Waals surface area contributed by atoms with Crippen LogP contribution in [0, 0.1) is 0 Å². The van der Waals surface area contributed by atoms with E-state index < -0.39 is 0 Å². The number of hydrogen-bond acceptors (Lipinski definition) is 4. The number of anilines is 1. The van der Waals surface area contributed by atoms with Crippen LogP contribution in [0.3, 0.4) is 0 Å². The molecule has 0 bridgehead atoms. The van der Waals surface area contributed by atoms with Crippen LogP contribution in [0.15, 0.2) is 53.5 Å². The Labute approximate surface area is 146 Å². The van der Waals surface area contributed by atoms with Crippen molar-refractivity contribution in [2.75, 3.05) is 11.9 Å². The van der Waals surface area contributed by atoms with Crippen LogP contribution in [0.2, 0.25) is 0 Å². The van der Waals surface area contributed by atoms with Crippen molar-refractivity contribution in [3.05, 3.63) is 49.7 Å². The fraction of sp³-hybridized carbons (Fsp3) is 0.0769. The van der Waals surface area contributed by atoms with E-state index in [1.807, 2.05) is 24.3 Å². The summed E-state index contributed by atoms with van der Waals surface area (Å²) in [6.45, 7) is 0.124. The highest BCUT2D eigenvalue weighted by atomic mass is 79.9. The van der Waals surface area contributed by atoms with Crippen molar-refractivity contribution in [3.8, 4) is 0 Å². The summed E-state index contributed by atoms with van der Waals surface area (Å²) in [7, 11) is 0. The molecule has 1 amide bonds. The highest BCUT2D eigenvalue weighted by molar-refractivity contribution is 9.13. The van der Waals surface area contributed by atoms with Crippen molar-refractivity contribution in [3.63, 3.8) is 0 Å². The fourth-order valence-corrected chi connectivity index (χ4v) is 2.42. The average Bonchev–Trinajstić information content (AvgIpc) is 2.75. The Kier molecular flexibility index (Phi) is 6.01. The average molecular weight is 480 g/mol. The lowest BCUT2D eigenvalue weighted by Gasteiger charge is -2.05. The van der Waals surface area contributed by atoms with Gasteiger partial charge in [-0.2, -0.15) is 5.10 Å². The molecule has 110 valence electrons. The van der Waals surface area contributed by atoms with Gasteiger partial charge in [0, 0.05) is 16.2 Å². The first kappa shape index (κ1) is 16.3. The van der Waals surface area contributed by atoms with Crippen LogP contribution in [-0.2, 0) is 4.79 Å². The Morgan fingerprint density at radius 1 is 1.29 bits per heavy atom. The second kappa shape index (κ2) is 7.77. The van der Waals surface area contributed by atoms with E-state index in [4.69, 9.17) is 4.42 Å². The molecule has 0 atom stereocenters. The van der Waals surface area contributed by atoms with E-state index in [2.05, 4.69) is 63.6 Å². The number of carbonyl (C=O) groups is 1. The summed E-state index contributed by atoms with van der Waals surface area (Å²) in [6.07, 6.45) is 1.42. The molecule has 1 aromatic carbocycles. The van der Waals surface area contributed by atoms with Gasteiger partial charge in [0.25, 0.3) is 5.91 Å². The molecule has 0 saturated carbocycles. The summed E-state index contributed by atoms with van der Waals surface area (Å²) in [5, 5.41) is 6.81. The van der Waals surface area contributed by atoms with Gasteiger partial charge in [0.1, 0.15) is 5.76 Å². The molecule has 0 fully saturated rings. The van der Waals surface area contributed by atoms with Crippen LogP contribution in [0.25, 0.3) is 0 Å². The van der Waals surface area contributed by atoms with Crippen molar-refractivity contribution >= 4 is 65.6 Å². The van der Waals surface area contributed by atoms with Crippen LogP contribution in [0.5, 0.6) is 0 Å². The molecule has 2 N–H and O–H groups in total. The van der Waals surface area contributed by atoms with Crippen LogP contribution in [0.1, 0.15) is 5.76 Å². The lowest BCUT2D eigenvalue weighted by atomic mass is 10.3. The first-order valence-electron chi connectivity index (χ1n) is 5.81. The smallest absolute Gasteiger partial charge is 0.259 e. The van der Waals surface area contributed by atoms with E-state index in [0.717, 1.165) is 14.6 Å². The number of hydrazone groups is 1. The van der Waals surface area contributed by atoms with Crippen molar-refractivity contribution in [2.24, 2.45) is 5.10 Å². The van der Waals surface area contributed by atoms with Gasteiger partial charge in [-0.1, -0.05) is 22.0 Å². The Balaban J connectivity index is 1.79. The topological polar surface area (TPSA) is 66.6 Å². The van der Waals surface area contributed by atoms with Gasteiger partial charge in [-0.05, 0) is 50.1 Å². The van der Waals surface area contributed by atoms with E-state index >= 15 is 0 Å². The zero-order chi connectivity index (χ0) is 15.2. The molecule has 0 spiro atoms. The monoisotopic (exact) mass is 477 g/mol. The van der Waals surface area contributed by atoms with Gasteiger partial charge in [0.15, 0.2) is 4.67 Å². The van der Waals surface area contributed by atoms with E-state index in [-0.39, 0.29) is 12.5 Å². The SMILES string of the molecule is O=C(CNc1cccc(Br)c1)NN=Cc1cc(Br)c(Br)o1. The summed E-state index contributed by atoms with van der Waals surface area (Å²) in [6, 6.07) is 9.29. The third kappa shape index (κ3) is 5.29.